The first kappa shape index (κ1) is 16.0. The van der Waals surface area contributed by atoms with Crippen molar-refractivity contribution in [3.05, 3.63) is 51.4 Å². The van der Waals surface area contributed by atoms with Crippen LogP contribution in [0.1, 0.15) is 35.0 Å². The van der Waals surface area contributed by atoms with Gasteiger partial charge >= 0.3 is 0 Å². The Morgan fingerprint density at radius 1 is 1.18 bits per heavy atom. The van der Waals surface area contributed by atoms with Crippen LogP contribution in [-0.2, 0) is 16.4 Å². The maximum absolute atomic E-state index is 12.2. The molecule has 0 saturated heterocycles. The minimum Gasteiger partial charge on any atom is -0.301 e. The second kappa shape index (κ2) is 6.18. The molecule has 1 aromatic heterocycles. The lowest BCUT2D eigenvalue weighted by Gasteiger charge is -2.07. The molecule has 0 radical (unpaired) electrons. The summed E-state index contributed by atoms with van der Waals surface area (Å²) >= 11 is 0. The Morgan fingerprint density at radius 3 is 2.41 bits per heavy atom. The van der Waals surface area contributed by atoms with Crippen LogP contribution in [-0.4, -0.2) is 24.5 Å². The molecule has 118 valence electrons. The van der Waals surface area contributed by atoms with E-state index in [1.165, 1.54) is 12.1 Å². The molecule has 0 fully saturated rings. The molecule has 1 amide bonds. The van der Waals surface area contributed by atoms with E-state index in [1.807, 2.05) is 18.6 Å². The van der Waals surface area contributed by atoms with Crippen LogP contribution in [0.15, 0.2) is 34.0 Å². The first-order valence-electron chi connectivity index (χ1n) is 6.78. The van der Waals surface area contributed by atoms with E-state index < -0.39 is 21.5 Å². The Hall–Kier alpha value is -2.35. The van der Waals surface area contributed by atoms with Crippen molar-refractivity contribution in [2.24, 2.45) is 0 Å². The third kappa shape index (κ3) is 3.28. The molecule has 2 aromatic rings. The van der Waals surface area contributed by atoms with Gasteiger partial charge in [-0.15, -0.1) is 0 Å². The molecule has 1 aromatic carbocycles. The molecule has 0 spiro atoms. The number of hydrogen-bond acceptors (Lipinski definition) is 4. The summed E-state index contributed by atoms with van der Waals surface area (Å²) in [6.07, 6.45) is 1.17. The van der Waals surface area contributed by atoms with Crippen molar-refractivity contribution in [3.8, 4) is 0 Å². The van der Waals surface area contributed by atoms with Crippen molar-refractivity contribution in [1.82, 2.24) is 14.9 Å². The van der Waals surface area contributed by atoms with E-state index in [0.29, 0.717) is 18.5 Å². The number of aryl methyl sites for hydroxylation is 2. The summed E-state index contributed by atoms with van der Waals surface area (Å²) < 4.78 is 26.3. The van der Waals surface area contributed by atoms with Gasteiger partial charge in [-0.3, -0.25) is 14.7 Å². The van der Waals surface area contributed by atoms with Gasteiger partial charge in [-0.2, -0.15) is 0 Å². The van der Waals surface area contributed by atoms with Gasteiger partial charge in [0.25, 0.3) is 21.5 Å². The number of carbonyl (C=O) groups is 1. The minimum absolute atomic E-state index is 0.0320. The highest BCUT2D eigenvalue weighted by Crippen LogP contribution is 2.11. The predicted octanol–water partition coefficient (Wildman–Crippen LogP) is 1.08. The lowest BCUT2D eigenvalue weighted by Crippen LogP contribution is -2.33. The van der Waals surface area contributed by atoms with Gasteiger partial charge in [-0.25, -0.2) is 13.1 Å². The summed E-state index contributed by atoms with van der Waals surface area (Å²) in [5.41, 5.74) is 0.458. The minimum atomic E-state index is -4.02. The molecule has 1 heterocycles. The normalized spacial score (nSPS) is 11.4. The molecule has 22 heavy (non-hydrogen) atoms. The molecule has 0 atom stereocenters. The highest BCUT2D eigenvalue weighted by atomic mass is 32.2. The number of benzene rings is 1. The summed E-state index contributed by atoms with van der Waals surface area (Å²) in [5, 5.41) is 4.90. The van der Waals surface area contributed by atoms with Gasteiger partial charge in [0, 0.05) is 5.69 Å². The summed E-state index contributed by atoms with van der Waals surface area (Å²) in [7, 11) is -4.02. The number of carbonyl (C=O) groups excluding carboxylic acids is 1. The first-order chi connectivity index (χ1) is 10.3. The van der Waals surface area contributed by atoms with Gasteiger partial charge in [0.15, 0.2) is 0 Å². The van der Waals surface area contributed by atoms with E-state index in [4.69, 9.17) is 0 Å². The van der Waals surface area contributed by atoms with Crippen LogP contribution in [0.2, 0.25) is 0 Å². The molecule has 0 aliphatic heterocycles. The number of hydrogen-bond donors (Lipinski definition) is 3. The van der Waals surface area contributed by atoms with Crippen LogP contribution in [0.4, 0.5) is 0 Å². The number of amides is 1. The topological polar surface area (TPSA) is 112 Å². The smallest absolute Gasteiger partial charge is 0.277 e. The first-order valence-corrected chi connectivity index (χ1v) is 8.27. The average Bonchev–Trinajstić information content (AvgIpc) is 2.80. The fourth-order valence-corrected chi connectivity index (χ4v) is 2.98. The average molecular weight is 323 g/mol. The molecule has 0 aliphatic rings. The van der Waals surface area contributed by atoms with Crippen LogP contribution < -0.4 is 10.3 Å². The van der Waals surface area contributed by atoms with E-state index >= 15 is 0 Å². The molecule has 0 unspecified atom stereocenters. The van der Waals surface area contributed by atoms with Gasteiger partial charge in [0.2, 0.25) is 0 Å². The van der Waals surface area contributed by atoms with Crippen molar-refractivity contribution >= 4 is 15.9 Å². The Balaban J connectivity index is 2.30. The Morgan fingerprint density at radius 2 is 1.82 bits per heavy atom. The fourth-order valence-electron chi connectivity index (χ4n) is 2.02. The Labute approximate surface area is 127 Å². The molecule has 7 nitrogen and oxygen atoms in total. The predicted molar refractivity (Wildman–Crippen MR) is 81.2 cm³/mol. The molecule has 3 N–H and O–H groups in total. The van der Waals surface area contributed by atoms with Gasteiger partial charge in [-0.1, -0.05) is 31.0 Å². The van der Waals surface area contributed by atoms with Gasteiger partial charge in [0.1, 0.15) is 5.56 Å². The van der Waals surface area contributed by atoms with Crippen molar-refractivity contribution in [3.63, 3.8) is 0 Å². The van der Waals surface area contributed by atoms with Crippen LogP contribution in [0, 0.1) is 6.92 Å². The third-order valence-electron chi connectivity index (χ3n) is 3.14. The van der Waals surface area contributed by atoms with Crippen molar-refractivity contribution in [2.45, 2.75) is 31.6 Å². The molecule has 8 heteroatoms. The van der Waals surface area contributed by atoms with Gasteiger partial charge in [0.05, 0.1) is 4.90 Å². The summed E-state index contributed by atoms with van der Waals surface area (Å²) in [6.45, 7) is 3.71. The molecule has 0 bridgehead atoms. The number of aromatic nitrogens is 2. The Bertz CT molecular complexity index is 832. The highest BCUT2D eigenvalue weighted by Gasteiger charge is 2.23. The van der Waals surface area contributed by atoms with E-state index in [-0.39, 0.29) is 10.5 Å². The molecule has 2 rings (SSSR count). The molecule has 0 saturated carbocycles. The zero-order valence-electron chi connectivity index (χ0n) is 12.3. The van der Waals surface area contributed by atoms with Crippen molar-refractivity contribution < 1.29 is 13.2 Å². The highest BCUT2D eigenvalue weighted by molar-refractivity contribution is 7.90. The number of nitrogens with one attached hydrogen (secondary N) is 3. The van der Waals surface area contributed by atoms with E-state index in [2.05, 4.69) is 10.2 Å². The summed E-state index contributed by atoms with van der Waals surface area (Å²) in [4.78, 5) is 23.8. The molecular formula is C14H17N3O4S. The molecule has 0 aliphatic carbocycles. The molecular weight excluding hydrogens is 306 g/mol. The lowest BCUT2D eigenvalue weighted by molar-refractivity contribution is 0.0979. The van der Waals surface area contributed by atoms with Crippen LogP contribution in [0.5, 0.6) is 0 Å². The Kier molecular flexibility index (Phi) is 4.51. The van der Waals surface area contributed by atoms with Crippen molar-refractivity contribution in [1.29, 1.82) is 0 Å². The van der Waals surface area contributed by atoms with E-state index in [1.54, 1.807) is 12.1 Å². The summed E-state index contributed by atoms with van der Waals surface area (Å²) in [6, 6.07) is 6.06. The number of sulfonamides is 1. The third-order valence-corrected chi connectivity index (χ3v) is 4.49. The quantitative estimate of drug-likeness (QED) is 0.764. The zero-order chi connectivity index (χ0) is 16.3. The second-order valence-corrected chi connectivity index (χ2v) is 6.61. The van der Waals surface area contributed by atoms with E-state index in [0.717, 1.165) is 5.56 Å². The van der Waals surface area contributed by atoms with Crippen molar-refractivity contribution in [2.75, 3.05) is 0 Å². The van der Waals surface area contributed by atoms with E-state index in [9.17, 15) is 18.0 Å². The monoisotopic (exact) mass is 323 g/mol. The van der Waals surface area contributed by atoms with Gasteiger partial charge in [-0.05, 0) is 25.5 Å². The van der Waals surface area contributed by atoms with Crippen LogP contribution in [0.25, 0.3) is 0 Å². The fraction of sp³-hybridized carbons (Fsp3) is 0.286. The maximum Gasteiger partial charge on any atom is 0.277 e. The zero-order valence-corrected chi connectivity index (χ0v) is 13.1. The van der Waals surface area contributed by atoms with Crippen LogP contribution >= 0.6 is 0 Å². The number of H-pyrrole nitrogens is 2. The van der Waals surface area contributed by atoms with Crippen LogP contribution in [0.3, 0.4) is 0 Å². The maximum atomic E-state index is 12.2. The standard InChI is InChI=1S/C14H17N3O4S/c1-3-4-11-12(13(18)16-15-11)14(19)17-22(20,21)10-7-5-9(2)6-8-10/h5-8H,3-4H2,1-2H3,(H,17,19)(H2,15,16,18). The number of rotatable bonds is 5. The second-order valence-electron chi connectivity index (χ2n) is 4.93. The lowest BCUT2D eigenvalue weighted by atomic mass is 10.1. The van der Waals surface area contributed by atoms with Gasteiger partial charge < -0.3 is 5.10 Å². The largest absolute Gasteiger partial charge is 0.301 e. The summed E-state index contributed by atoms with van der Waals surface area (Å²) in [5.74, 6) is -0.938. The number of aromatic amines is 2. The SMILES string of the molecule is CCCc1[nH][nH]c(=O)c1C(=O)NS(=O)(=O)c1ccc(C)cc1.